The number of benzene rings is 1. The summed E-state index contributed by atoms with van der Waals surface area (Å²) in [5.74, 6) is 0.560. The van der Waals surface area contributed by atoms with E-state index in [0.717, 1.165) is 24.8 Å². The Morgan fingerprint density at radius 3 is 2.65 bits per heavy atom. The summed E-state index contributed by atoms with van der Waals surface area (Å²) in [6, 6.07) is 8.89. The highest BCUT2D eigenvalue weighted by Crippen LogP contribution is 2.32. The molecule has 3 atom stereocenters. The summed E-state index contributed by atoms with van der Waals surface area (Å²) >= 11 is 0. The third-order valence-corrected chi connectivity index (χ3v) is 5.71. The Bertz CT molecular complexity index is 634. The van der Waals surface area contributed by atoms with Gasteiger partial charge in [-0.25, -0.2) is 0 Å². The first-order valence-corrected chi connectivity index (χ1v) is 9.96. The van der Waals surface area contributed by atoms with E-state index in [1.807, 2.05) is 38.1 Å². The van der Waals surface area contributed by atoms with Gasteiger partial charge in [-0.2, -0.15) is 0 Å². The van der Waals surface area contributed by atoms with Gasteiger partial charge >= 0.3 is 0 Å². The van der Waals surface area contributed by atoms with Gasteiger partial charge in [0.15, 0.2) is 0 Å². The van der Waals surface area contributed by atoms with Crippen LogP contribution in [0.2, 0.25) is 0 Å². The third kappa shape index (κ3) is 5.07. The number of hydrogen-bond donors (Lipinski definition) is 3. The lowest BCUT2D eigenvalue weighted by molar-refractivity contribution is -0.122. The molecule has 2 amide bonds. The van der Waals surface area contributed by atoms with E-state index in [1.54, 1.807) is 0 Å². The van der Waals surface area contributed by atoms with E-state index < -0.39 is 0 Å². The molecule has 2 bridgehead atoms. The lowest BCUT2D eigenvalue weighted by Crippen LogP contribution is -2.39. The van der Waals surface area contributed by atoms with Gasteiger partial charge in [-0.3, -0.25) is 9.59 Å². The second-order valence-electron chi connectivity index (χ2n) is 7.94. The van der Waals surface area contributed by atoms with E-state index >= 15 is 0 Å². The highest BCUT2D eigenvalue weighted by atomic mass is 16.2. The van der Waals surface area contributed by atoms with E-state index in [0.29, 0.717) is 36.5 Å². The molecule has 3 unspecified atom stereocenters. The molecule has 2 fully saturated rings. The monoisotopic (exact) mass is 357 g/mol. The molecule has 1 aromatic rings. The highest BCUT2D eigenvalue weighted by Gasteiger charge is 2.34. The van der Waals surface area contributed by atoms with E-state index in [2.05, 4.69) is 16.0 Å². The largest absolute Gasteiger partial charge is 0.352 e. The van der Waals surface area contributed by atoms with Crippen LogP contribution in [0, 0.1) is 5.92 Å². The Morgan fingerprint density at radius 1 is 1.23 bits per heavy atom. The van der Waals surface area contributed by atoms with Gasteiger partial charge < -0.3 is 16.0 Å². The summed E-state index contributed by atoms with van der Waals surface area (Å²) in [4.78, 5) is 24.5. The summed E-state index contributed by atoms with van der Waals surface area (Å²) in [6.07, 6.45) is 6.27. The molecule has 0 spiro atoms. The van der Waals surface area contributed by atoms with Gasteiger partial charge in [-0.15, -0.1) is 0 Å². The third-order valence-electron chi connectivity index (χ3n) is 5.71. The minimum absolute atomic E-state index is 0.0577. The van der Waals surface area contributed by atoms with Crippen molar-refractivity contribution < 1.29 is 9.59 Å². The molecule has 2 aliphatic heterocycles. The van der Waals surface area contributed by atoms with Gasteiger partial charge in [0, 0.05) is 36.7 Å². The molecule has 2 saturated heterocycles. The minimum Gasteiger partial charge on any atom is -0.352 e. The predicted molar refractivity (Wildman–Crippen MR) is 103 cm³/mol. The molecule has 5 heteroatoms. The molecule has 142 valence electrons. The first-order chi connectivity index (χ1) is 12.5. The molecule has 2 heterocycles. The van der Waals surface area contributed by atoms with Crippen molar-refractivity contribution >= 4 is 11.8 Å². The van der Waals surface area contributed by atoms with Crippen molar-refractivity contribution in [3.63, 3.8) is 0 Å². The Morgan fingerprint density at radius 2 is 1.96 bits per heavy atom. The van der Waals surface area contributed by atoms with E-state index in [-0.39, 0.29) is 17.9 Å². The van der Waals surface area contributed by atoms with Crippen molar-refractivity contribution in [1.82, 2.24) is 16.0 Å². The number of hydrogen-bond acceptors (Lipinski definition) is 3. The van der Waals surface area contributed by atoms with Crippen LogP contribution in [0.5, 0.6) is 0 Å². The van der Waals surface area contributed by atoms with Gasteiger partial charge in [-0.1, -0.05) is 19.1 Å². The summed E-state index contributed by atoms with van der Waals surface area (Å²) in [6.45, 7) is 4.51. The summed E-state index contributed by atoms with van der Waals surface area (Å²) in [5, 5.41) is 9.61. The summed E-state index contributed by atoms with van der Waals surface area (Å²) in [5.41, 5.74) is 1.60. The topological polar surface area (TPSA) is 70.2 Å². The Labute approximate surface area is 156 Å². The number of amides is 2. The average Bonchev–Trinajstić information content (AvgIpc) is 2.98. The first-order valence-electron chi connectivity index (χ1n) is 9.96. The van der Waals surface area contributed by atoms with Crippen LogP contribution in [0.1, 0.15) is 68.3 Å². The second-order valence-corrected chi connectivity index (χ2v) is 7.94. The fraction of sp³-hybridized carbons (Fsp3) is 0.619. The fourth-order valence-corrected chi connectivity index (χ4v) is 4.11. The maximum atomic E-state index is 12.3. The van der Waals surface area contributed by atoms with Crippen LogP contribution < -0.4 is 16.0 Å². The molecule has 1 aromatic carbocycles. The van der Waals surface area contributed by atoms with Crippen molar-refractivity contribution in [3.05, 3.63) is 35.4 Å². The predicted octanol–water partition coefficient (Wildman–Crippen LogP) is 2.75. The molecule has 2 aliphatic rings. The van der Waals surface area contributed by atoms with E-state index in [1.165, 1.54) is 12.8 Å². The van der Waals surface area contributed by atoms with Crippen LogP contribution in [-0.4, -0.2) is 29.9 Å². The Hall–Kier alpha value is -1.88. The van der Waals surface area contributed by atoms with E-state index in [4.69, 9.17) is 0 Å². The molecular weight excluding hydrogens is 326 g/mol. The van der Waals surface area contributed by atoms with Crippen LogP contribution >= 0.6 is 0 Å². The number of fused-ring (bicyclic) bond motifs is 2. The van der Waals surface area contributed by atoms with Gasteiger partial charge in [0.05, 0.1) is 0 Å². The van der Waals surface area contributed by atoms with Crippen molar-refractivity contribution in [2.75, 3.05) is 0 Å². The molecule has 3 N–H and O–H groups in total. The number of nitrogens with one attached hydrogen (secondary N) is 3. The normalized spacial score (nSPS) is 25.5. The molecule has 0 radical (unpaired) electrons. The Balaban J connectivity index is 1.47. The van der Waals surface area contributed by atoms with Crippen molar-refractivity contribution in [3.8, 4) is 0 Å². The van der Waals surface area contributed by atoms with Crippen LogP contribution in [0.4, 0.5) is 0 Å². The zero-order valence-corrected chi connectivity index (χ0v) is 15.9. The lowest BCUT2D eigenvalue weighted by atomic mass is 9.89. The van der Waals surface area contributed by atoms with Crippen molar-refractivity contribution in [2.24, 2.45) is 5.92 Å². The molecule has 0 aromatic heterocycles. The quantitative estimate of drug-likeness (QED) is 0.703. The van der Waals surface area contributed by atoms with Gasteiger partial charge in [-0.05, 0) is 62.6 Å². The molecule has 26 heavy (non-hydrogen) atoms. The number of carbonyl (C=O) groups excluding carboxylic acids is 2. The highest BCUT2D eigenvalue weighted by molar-refractivity contribution is 5.94. The number of rotatable bonds is 7. The zero-order valence-electron chi connectivity index (χ0n) is 15.9. The number of piperidine rings is 1. The lowest BCUT2D eigenvalue weighted by Gasteiger charge is -2.28. The first kappa shape index (κ1) is 18.9. The van der Waals surface area contributed by atoms with Crippen LogP contribution in [0.15, 0.2) is 24.3 Å². The molecule has 3 rings (SSSR count). The van der Waals surface area contributed by atoms with E-state index in [9.17, 15) is 9.59 Å². The van der Waals surface area contributed by atoms with Crippen LogP contribution in [-0.2, 0) is 11.3 Å². The van der Waals surface area contributed by atoms with Gasteiger partial charge in [0.1, 0.15) is 0 Å². The van der Waals surface area contributed by atoms with Gasteiger partial charge in [0.25, 0.3) is 5.91 Å². The summed E-state index contributed by atoms with van der Waals surface area (Å²) in [7, 11) is 0. The standard InChI is InChI=1S/C21H31N3O2/c1-3-14(2)23-21(26)17-6-4-5-15(9-17)13-22-20(25)12-16-10-18-7-8-19(11-16)24-18/h4-6,9,14,16,18-19,24H,3,7-8,10-13H2,1-2H3,(H,22,25)(H,23,26). The smallest absolute Gasteiger partial charge is 0.251 e. The second kappa shape index (κ2) is 8.67. The van der Waals surface area contributed by atoms with Gasteiger partial charge in [0.2, 0.25) is 5.91 Å². The van der Waals surface area contributed by atoms with Crippen molar-refractivity contribution in [1.29, 1.82) is 0 Å². The van der Waals surface area contributed by atoms with Crippen molar-refractivity contribution in [2.45, 2.75) is 77.0 Å². The number of carbonyl (C=O) groups is 2. The molecule has 0 saturated carbocycles. The molecular formula is C21H31N3O2. The average molecular weight is 357 g/mol. The zero-order chi connectivity index (χ0) is 18.5. The maximum Gasteiger partial charge on any atom is 0.251 e. The Kier molecular flexibility index (Phi) is 6.30. The molecule has 0 aliphatic carbocycles. The summed E-state index contributed by atoms with van der Waals surface area (Å²) < 4.78 is 0. The SMILES string of the molecule is CCC(C)NC(=O)c1cccc(CNC(=O)CC2CC3CCC(C2)N3)c1. The van der Waals surface area contributed by atoms with Crippen LogP contribution in [0.25, 0.3) is 0 Å². The maximum absolute atomic E-state index is 12.3. The minimum atomic E-state index is -0.0577. The van der Waals surface area contributed by atoms with Crippen LogP contribution in [0.3, 0.4) is 0 Å². The fourth-order valence-electron chi connectivity index (χ4n) is 4.11. The molecule has 5 nitrogen and oxygen atoms in total.